The Bertz CT molecular complexity index is 789. The third kappa shape index (κ3) is 3.53. The molecule has 2 N–H and O–H groups in total. The van der Waals surface area contributed by atoms with Gasteiger partial charge in [-0.1, -0.05) is 6.07 Å². The number of ether oxygens (including phenoxy) is 2. The van der Waals surface area contributed by atoms with Crippen LogP contribution in [-0.2, 0) is 18.4 Å². The van der Waals surface area contributed by atoms with E-state index < -0.39 is 0 Å². The lowest BCUT2D eigenvalue weighted by Gasteiger charge is -2.17. The fourth-order valence-electron chi connectivity index (χ4n) is 3.57. The number of rotatable bonds is 4. The molecule has 1 fully saturated rings. The minimum absolute atomic E-state index is 0.0657. The summed E-state index contributed by atoms with van der Waals surface area (Å²) >= 11 is 0. The van der Waals surface area contributed by atoms with Crippen LogP contribution in [0.2, 0.25) is 0 Å². The molecule has 1 amide bonds. The number of hydrogen-bond acceptors (Lipinski definition) is 5. The van der Waals surface area contributed by atoms with Gasteiger partial charge < -0.3 is 20.1 Å². The van der Waals surface area contributed by atoms with Crippen LogP contribution in [0.4, 0.5) is 0 Å². The number of fused-ring (bicyclic) bond motifs is 1. The molecular formula is C19H24N4O3. The maximum Gasteiger partial charge on any atom is 0.225 e. The number of benzene rings is 1. The van der Waals surface area contributed by atoms with Gasteiger partial charge >= 0.3 is 0 Å². The molecule has 0 saturated carbocycles. The number of aromatic nitrogens is 2. The van der Waals surface area contributed by atoms with Gasteiger partial charge in [0, 0.05) is 45.2 Å². The highest BCUT2D eigenvalue weighted by molar-refractivity contribution is 5.80. The Kier molecular flexibility index (Phi) is 4.79. The van der Waals surface area contributed by atoms with Gasteiger partial charge in [0.1, 0.15) is 0 Å². The summed E-state index contributed by atoms with van der Waals surface area (Å²) in [6.07, 6.45) is 4.72. The highest BCUT2D eigenvalue weighted by Crippen LogP contribution is 2.31. The van der Waals surface area contributed by atoms with Crippen LogP contribution in [0.15, 0.2) is 30.6 Å². The molecule has 4 rings (SSSR count). The number of carbonyl (C=O) groups excluding carboxylic acids is 1. The van der Waals surface area contributed by atoms with Gasteiger partial charge in [0.25, 0.3) is 0 Å². The van der Waals surface area contributed by atoms with Crippen LogP contribution in [0.3, 0.4) is 0 Å². The fourth-order valence-corrected chi connectivity index (χ4v) is 3.57. The molecule has 7 nitrogen and oxygen atoms in total. The fraction of sp³-hybridized carbons (Fsp3) is 0.474. The van der Waals surface area contributed by atoms with E-state index in [9.17, 15) is 4.79 Å². The minimum Gasteiger partial charge on any atom is -0.490 e. The Morgan fingerprint density at radius 1 is 1.31 bits per heavy atom. The summed E-state index contributed by atoms with van der Waals surface area (Å²) in [5, 5.41) is 10.6. The molecule has 2 aliphatic rings. The van der Waals surface area contributed by atoms with Gasteiger partial charge in [0.2, 0.25) is 5.91 Å². The molecule has 1 saturated heterocycles. The van der Waals surface area contributed by atoms with E-state index in [1.54, 1.807) is 4.68 Å². The molecule has 2 aromatic rings. The molecule has 2 atom stereocenters. The van der Waals surface area contributed by atoms with E-state index >= 15 is 0 Å². The lowest BCUT2D eigenvalue weighted by Crippen LogP contribution is -2.33. The summed E-state index contributed by atoms with van der Waals surface area (Å²) in [5.41, 5.74) is 2.11. The van der Waals surface area contributed by atoms with Crippen molar-refractivity contribution < 1.29 is 14.3 Å². The lowest BCUT2D eigenvalue weighted by atomic mass is 9.90. The van der Waals surface area contributed by atoms with Crippen molar-refractivity contribution >= 4 is 5.91 Å². The first-order chi connectivity index (χ1) is 12.7. The Labute approximate surface area is 152 Å². The van der Waals surface area contributed by atoms with Crippen molar-refractivity contribution in [2.45, 2.75) is 18.9 Å². The van der Waals surface area contributed by atoms with Gasteiger partial charge in [-0.05, 0) is 23.3 Å². The van der Waals surface area contributed by atoms with Crippen LogP contribution in [0.1, 0.15) is 23.5 Å². The molecule has 7 heteroatoms. The van der Waals surface area contributed by atoms with Gasteiger partial charge in [0.05, 0.1) is 25.3 Å². The molecule has 1 aromatic carbocycles. The molecule has 0 bridgehead atoms. The van der Waals surface area contributed by atoms with E-state index in [-0.39, 0.29) is 17.7 Å². The minimum atomic E-state index is -0.0837. The molecule has 0 unspecified atom stereocenters. The standard InChI is InChI=1S/C19H24N4O3/c1-23-12-14(9-22-23)15-10-20-11-16(15)19(24)21-8-13-3-4-17-18(7-13)26-6-2-5-25-17/h3-4,7,9,12,15-16,20H,2,5-6,8,10-11H2,1H3,(H,21,24)/t15-,16+/m1/s1. The quantitative estimate of drug-likeness (QED) is 0.861. The Balaban J connectivity index is 1.40. The van der Waals surface area contributed by atoms with Crippen LogP contribution in [-0.4, -0.2) is 42.0 Å². The third-order valence-electron chi connectivity index (χ3n) is 4.98. The number of aryl methyl sites for hydroxylation is 1. The maximum atomic E-state index is 12.7. The predicted octanol–water partition coefficient (Wildman–Crippen LogP) is 1.20. The van der Waals surface area contributed by atoms with Crippen molar-refractivity contribution in [3.63, 3.8) is 0 Å². The Hall–Kier alpha value is -2.54. The predicted molar refractivity (Wildman–Crippen MR) is 96.2 cm³/mol. The summed E-state index contributed by atoms with van der Waals surface area (Å²) in [5.74, 6) is 1.67. The molecule has 0 aliphatic carbocycles. The van der Waals surface area contributed by atoms with E-state index in [0.717, 1.165) is 35.6 Å². The smallest absolute Gasteiger partial charge is 0.225 e. The second kappa shape index (κ2) is 7.37. The molecular weight excluding hydrogens is 332 g/mol. The number of nitrogens with zero attached hydrogens (tertiary/aromatic N) is 2. The van der Waals surface area contributed by atoms with Crippen molar-refractivity contribution in [1.29, 1.82) is 0 Å². The maximum absolute atomic E-state index is 12.7. The summed E-state index contributed by atoms with van der Waals surface area (Å²) < 4.78 is 13.1. The van der Waals surface area contributed by atoms with Crippen molar-refractivity contribution in [1.82, 2.24) is 20.4 Å². The second-order valence-electron chi connectivity index (χ2n) is 6.87. The Morgan fingerprint density at radius 3 is 2.96 bits per heavy atom. The van der Waals surface area contributed by atoms with Gasteiger partial charge in [-0.3, -0.25) is 9.48 Å². The highest BCUT2D eigenvalue weighted by Gasteiger charge is 2.34. The lowest BCUT2D eigenvalue weighted by molar-refractivity contribution is -0.125. The largest absolute Gasteiger partial charge is 0.490 e. The zero-order valence-corrected chi connectivity index (χ0v) is 14.9. The molecule has 26 heavy (non-hydrogen) atoms. The zero-order valence-electron chi connectivity index (χ0n) is 14.9. The summed E-state index contributed by atoms with van der Waals surface area (Å²) in [4.78, 5) is 12.7. The monoisotopic (exact) mass is 356 g/mol. The first-order valence-corrected chi connectivity index (χ1v) is 9.06. The second-order valence-corrected chi connectivity index (χ2v) is 6.87. The summed E-state index contributed by atoms with van der Waals surface area (Å²) in [7, 11) is 1.89. The Morgan fingerprint density at radius 2 is 2.15 bits per heavy atom. The van der Waals surface area contributed by atoms with Crippen molar-refractivity contribution in [2.75, 3.05) is 26.3 Å². The average molecular weight is 356 g/mol. The molecule has 138 valence electrons. The highest BCUT2D eigenvalue weighted by atomic mass is 16.5. The van der Waals surface area contributed by atoms with Gasteiger partial charge in [-0.2, -0.15) is 5.10 Å². The van der Waals surface area contributed by atoms with Crippen LogP contribution in [0, 0.1) is 5.92 Å². The topological polar surface area (TPSA) is 77.4 Å². The average Bonchev–Trinajstić information content (AvgIpc) is 3.23. The van der Waals surface area contributed by atoms with Crippen molar-refractivity contribution in [3.8, 4) is 11.5 Å². The van der Waals surface area contributed by atoms with E-state index in [1.165, 1.54) is 0 Å². The van der Waals surface area contributed by atoms with Crippen LogP contribution in [0.25, 0.3) is 0 Å². The van der Waals surface area contributed by atoms with Gasteiger partial charge in [0.15, 0.2) is 11.5 Å². The zero-order chi connectivity index (χ0) is 17.9. The number of carbonyl (C=O) groups is 1. The van der Waals surface area contributed by atoms with Crippen LogP contribution in [0.5, 0.6) is 11.5 Å². The van der Waals surface area contributed by atoms with Crippen molar-refractivity contribution in [2.24, 2.45) is 13.0 Å². The number of amides is 1. The van der Waals surface area contributed by atoms with Crippen LogP contribution < -0.4 is 20.1 Å². The van der Waals surface area contributed by atoms with E-state index in [4.69, 9.17) is 9.47 Å². The SMILES string of the molecule is Cn1cc([C@H]2CNC[C@@H]2C(=O)NCc2ccc3c(c2)OCCCO3)cn1. The molecule has 0 radical (unpaired) electrons. The molecule has 1 aromatic heterocycles. The van der Waals surface area contributed by atoms with E-state index in [2.05, 4.69) is 15.7 Å². The van der Waals surface area contributed by atoms with Gasteiger partial charge in [-0.15, -0.1) is 0 Å². The number of nitrogens with one attached hydrogen (secondary N) is 2. The normalized spacial score (nSPS) is 22.0. The summed E-state index contributed by atoms with van der Waals surface area (Å²) in [6, 6.07) is 5.84. The van der Waals surface area contributed by atoms with E-state index in [0.29, 0.717) is 26.3 Å². The van der Waals surface area contributed by atoms with E-state index in [1.807, 2.05) is 37.6 Å². The molecule has 3 heterocycles. The van der Waals surface area contributed by atoms with Crippen molar-refractivity contribution in [3.05, 3.63) is 41.7 Å². The van der Waals surface area contributed by atoms with Gasteiger partial charge in [-0.25, -0.2) is 0 Å². The number of hydrogen-bond donors (Lipinski definition) is 2. The summed E-state index contributed by atoms with van der Waals surface area (Å²) in [6.45, 7) is 3.29. The first kappa shape index (κ1) is 16.9. The first-order valence-electron chi connectivity index (χ1n) is 9.06. The molecule has 2 aliphatic heterocycles. The third-order valence-corrected chi connectivity index (χ3v) is 4.98. The van der Waals surface area contributed by atoms with Crippen LogP contribution >= 0.6 is 0 Å². The molecule has 0 spiro atoms.